The van der Waals surface area contributed by atoms with Crippen LogP contribution in [0, 0.1) is 34.5 Å². The maximum atomic E-state index is 10.9. The molecule has 8 atom stereocenters. The monoisotopic (exact) mass is 470 g/mol. The molecule has 0 aromatic carbocycles. The van der Waals surface area contributed by atoms with Crippen molar-refractivity contribution < 1.29 is 39.8 Å². The number of rotatable bonds is 2. The standard InChI is InChI=1S/C19H32O2.H2O7S2/c1-18-7-3-4-14(18)17-15(6-8-18)19(2)9-5-13(20)10-12(19)11-16(17)21;1-8(2,3)7-9(4,5)6/h12-17,20-21H,3-11H2,1-2H3;(H,1,2,3)(H,4,5,6)/t12-,13+,14+,15+,16-,17+,18+,19+;/m1./s1. The third-order valence-electron chi connectivity index (χ3n) is 8.61. The van der Waals surface area contributed by atoms with Crippen LogP contribution in [0.1, 0.15) is 71.6 Å². The van der Waals surface area contributed by atoms with Gasteiger partial charge in [0.15, 0.2) is 0 Å². The van der Waals surface area contributed by atoms with Crippen LogP contribution < -0.4 is 0 Å². The van der Waals surface area contributed by atoms with Gasteiger partial charge in [-0.1, -0.05) is 20.3 Å². The number of hydrogen-bond acceptors (Lipinski definition) is 7. The van der Waals surface area contributed by atoms with Crippen molar-refractivity contribution in [1.82, 2.24) is 0 Å². The molecule has 0 spiro atoms. The van der Waals surface area contributed by atoms with E-state index in [2.05, 4.69) is 17.5 Å². The molecule has 4 aliphatic rings. The van der Waals surface area contributed by atoms with Gasteiger partial charge in [-0.2, -0.15) is 16.8 Å². The highest BCUT2D eigenvalue weighted by molar-refractivity contribution is 7.94. The molecule has 0 unspecified atom stereocenters. The van der Waals surface area contributed by atoms with Crippen molar-refractivity contribution in [3.63, 3.8) is 0 Å². The second kappa shape index (κ2) is 8.24. The van der Waals surface area contributed by atoms with Gasteiger partial charge in [0.25, 0.3) is 0 Å². The zero-order chi connectivity index (χ0) is 22.5. The minimum Gasteiger partial charge on any atom is -0.393 e. The molecule has 30 heavy (non-hydrogen) atoms. The van der Waals surface area contributed by atoms with E-state index in [1.807, 2.05) is 0 Å². The fourth-order valence-electron chi connectivity index (χ4n) is 7.30. The van der Waals surface area contributed by atoms with E-state index in [4.69, 9.17) is 9.11 Å². The Morgan fingerprint density at radius 3 is 2.03 bits per heavy atom. The Bertz CT molecular complexity index is 812. The molecule has 0 aromatic heterocycles. The van der Waals surface area contributed by atoms with E-state index in [1.165, 1.54) is 38.5 Å². The topological polar surface area (TPSA) is 158 Å². The van der Waals surface area contributed by atoms with E-state index in [9.17, 15) is 27.0 Å². The number of hydrogen-bond donors (Lipinski definition) is 4. The summed E-state index contributed by atoms with van der Waals surface area (Å²) in [4.78, 5) is 0. The van der Waals surface area contributed by atoms with E-state index in [0.29, 0.717) is 28.6 Å². The molecule has 176 valence electrons. The number of fused-ring (bicyclic) bond motifs is 5. The van der Waals surface area contributed by atoms with Crippen molar-refractivity contribution in [3.8, 4) is 0 Å². The second-order valence-corrected chi connectivity index (χ2v) is 12.5. The lowest BCUT2D eigenvalue weighted by Gasteiger charge is -2.61. The maximum Gasteiger partial charge on any atom is 0.413 e. The van der Waals surface area contributed by atoms with Gasteiger partial charge in [0.1, 0.15) is 0 Å². The lowest BCUT2D eigenvalue weighted by atomic mass is 9.44. The van der Waals surface area contributed by atoms with Gasteiger partial charge >= 0.3 is 20.8 Å². The average Bonchev–Trinajstić information content (AvgIpc) is 2.95. The van der Waals surface area contributed by atoms with E-state index in [1.54, 1.807) is 0 Å². The molecule has 4 N–H and O–H groups in total. The van der Waals surface area contributed by atoms with Crippen molar-refractivity contribution in [2.45, 2.75) is 83.8 Å². The van der Waals surface area contributed by atoms with Crippen LogP contribution in [-0.2, 0) is 24.4 Å². The van der Waals surface area contributed by atoms with Crippen LogP contribution in [0.5, 0.6) is 0 Å². The number of aliphatic hydroxyl groups excluding tert-OH is 2. The molecule has 4 fully saturated rings. The molecule has 4 saturated carbocycles. The predicted octanol–water partition coefficient (Wildman–Crippen LogP) is 2.36. The van der Waals surface area contributed by atoms with Gasteiger partial charge in [-0.3, -0.25) is 9.11 Å². The van der Waals surface area contributed by atoms with Crippen molar-refractivity contribution in [2.75, 3.05) is 0 Å². The smallest absolute Gasteiger partial charge is 0.393 e. The van der Waals surface area contributed by atoms with Gasteiger partial charge in [0.2, 0.25) is 0 Å². The second-order valence-electron chi connectivity index (χ2n) is 10.2. The lowest BCUT2D eigenvalue weighted by molar-refractivity contribution is -0.168. The first-order chi connectivity index (χ1) is 13.6. The van der Waals surface area contributed by atoms with Crippen molar-refractivity contribution in [2.24, 2.45) is 34.5 Å². The molecule has 4 aliphatic carbocycles. The fraction of sp³-hybridized carbons (Fsp3) is 1.00. The third-order valence-corrected chi connectivity index (χ3v) is 9.98. The summed E-state index contributed by atoms with van der Waals surface area (Å²) in [5, 5.41) is 21.0. The van der Waals surface area contributed by atoms with Crippen molar-refractivity contribution in [3.05, 3.63) is 0 Å². The molecular formula is C19H34O9S2. The molecule has 9 nitrogen and oxygen atoms in total. The van der Waals surface area contributed by atoms with Crippen LogP contribution in [0.25, 0.3) is 0 Å². The zero-order valence-corrected chi connectivity index (χ0v) is 19.1. The van der Waals surface area contributed by atoms with Gasteiger partial charge in [0, 0.05) is 0 Å². The first-order valence-corrected chi connectivity index (χ1v) is 13.4. The predicted molar refractivity (Wildman–Crippen MR) is 108 cm³/mol. The first-order valence-electron chi connectivity index (χ1n) is 10.7. The van der Waals surface area contributed by atoms with Gasteiger partial charge in [-0.25, -0.2) is 0 Å². The Labute approximate surface area is 179 Å². The molecule has 0 aliphatic heterocycles. The third kappa shape index (κ3) is 5.02. The van der Waals surface area contributed by atoms with E-state index in [0.717, 1.165) is 25.2 Å². The molecule has 0 heterocycles. The summed E-state index contributed by atoms with van der Waals surface area (Å²) in [7, 11) is -10.2. The molecule has 0 bridgehead atoms. The highest BCUT2D eigenvalue weighted by Crippen LogP contribution is 2.66. The Morgan fingerprint density at radius 2 is 1.47 bits per heavy atom. The molecule has 0 amide bonds. The molecule has 0 radical (unpaired) electrons. The van der Waals surface area contributed by atoms with Gasteiger partial charge in [0.05, 0.1) is 12.2 Å². The summed E-state index contributed by atoms with van der Waals surface area (Å²) < 4.78 is 55.6. The summed E-state index contributed by atoms with van der Waals surface area (Å²) in [6.07, 6.45) is 10.6. The normalized spacial score (nSPS) is 46.1. The Morgan fingerprint density at radius 1 is 0.833 bits per heavy atom. The van der Waals surface area contributed by atoms with E-state index < -0.39 is 20.8 Å². The summed E-state index contributed by atoms with van der Waals surface area (Å²) in [5.74, 6) is 2.55. The van der Waals surface area contributed by atoms with E-state index >= 15 is 0 Å². The summed E-state index contributed by atoms with van der Waals surface area (Å²) >= 11 is 0. The van der Waals surface area contributed by atoms with Crippen LogP contribution in [0.3, 0.4) is 0 Å². The number of aliphatic hydroxyl groups is 2. The van der Waals surface area contributed by atoms with Crippen LogP contribution in [0.4, 0.5) is 0 Å². The summed E-state index contributed by atoms with van der Waals surface area (Å²) in [5.41, 5.74) is 0.895. The summed E-state index contributed by atoms with van der Waals surface area (Å²) in [6, 6.07) is 0. The largest absolute Gasteiger partial charge is 0.413 e. The molecule has 0 saturated heterocycles. The molecule has 4 rings (SSSR count). The zero-order valence-electron chi connectivity index (χ0n) is 17.5. The van der Waals surface area contributed by atoms with Crippen molar-refractivity contribution in [1.29, 1.82) is 0 Å². The van der Waals surface area contributed by atoms with Gasteiger partial charge in [-0.05, 0) is 85.9 Å². The average molecular weight is 471 g/mol. The highest BCUT2D eigenvalue weighted by atomic mass is 32.3. The summed E-state index contributed by atoms with van der Waals surface area (Å²) in [6.45, 7) is 4.98. The Kier molecular flexibility index (Phi) is 6.69. The Hall–Kier alpha value is -0.300. The van der Waals surface area contributed by atoms with E-state index in [-0.39, 0.29) is 12.2 Å². The first kappa shape index (κ1) is 24.3. The van der Waals surface area contributed by atoms with Crippen LogP contribution in [0.2, 0.25) is 0 Å². The minimum absolute atomic E-state index is 0.110. The fourth-order valence-corrected chi connectivity index (χ4v) is 8.17. The molecule has 11 heteroatoms. The lowest BCUT2D eigenvalue weighted by Crippen LogP contribution is -2.57. The van der Waals surface area contributed by atoms with Gasteiger partial charge < -0.3 is 10.2 Å². The Balaban J connectivity index is 0.000000244. The van der Waals surface area contributed by atoms with Crippen LogP contribution in [-0.4, -0.2) is 48.4 Å². The van der Waals surface area contributed by atoms with Gasteiger partial charge in [-0.15, -0.1) is 3.63 Å². The van der Waals surface area contributed by atoms with Crippen molar-refractivity contribution >= 4 is 20.8 Å². The van der Waals surface area contributed by atoms with Crippen LogP contribution >= 0.6 is 0 Å². The molecular weight excluding hydrogens is 436 g/mol. The quantitative estimate of drug-likeness (QED) is 0.444. The SMILES string of the molecule is C[C@@]12CCC[C@H]1[C@@H]1[C@H](O)C[C@H]3C[C@@H](O)CC[C@]3(C)[C@H]1CC2.O=S(=O)(O)OS(=O)(=O)O. The maximum absolute atomic E-state index is 10.9. The minimum atomic E-state index is -5.12. The van der Waals surface area contributed by atoms with Crippen LogP contribution in [0.15, 0.2) is 0 Å². The molecule has 0 aromatic rings. The highest BCUT2D eigenvalue weighted by Gasteiger charge is 2.60.